The van der Waals surface area contributed by atoms with Crippen LogP contribution >= 0.6 is 11.6 Å². The molecule has 0 fully saturated rings. The molecule has 0 saturated heterocycles. The predicted molar refractivity (Wildman–Crippen MR) is 86.1 cm³/mol. The molecule has 0 spiro atoms. The summed E-state index contributed by atoms with van der Waals surface area (Å²) in [6.45, 7) is 2.10. The Labute approximate surface area is 129 Å². The number of carbonyl (C=O) groups is 1. The van der Waals surface area contributed by atoms with Crippen LogP contribution in [0.4, 0.5) is 5.69 Å². The normalized spacial score (nSPS) is 11.9. The quantitative estimate of drug-likeness (QED) is 0.790. The van der Waals surface area contributed by atoms with Crippen LogP contribution in [0.1, 0.15) is 41.7 Å². The number of halogens is 1. The van der Waals surface area contributed by atoms with E-state index >= 15 is 0 Å². The minimum absolute atomic E-state index is 0.0627. The van der Waals surface area contributed by atoms with Crippen LogP contribution in [-0.2, 0) is 0 Å². The van der Waals surface area contributed by atoms with Gasteiger partial charge in [-0.3, -0.25) is 0 Å². The summed E-state index contributed by atoms with van der Waals surface area (Å²) in [4.78, 5) is 11.3. The lowest BCUT2D eigenvalue weighted by atomic mass is 10.0. The highest BCUT2D eigenvalue weighted by Crippen LogP contribution is 2.27. The minimum atomic E-state index is -0.926. The van der Waals surface area contributed by atoms with Crippen LogP contribution in [0.5, 0.6) is 0 Å². The molecule has 21 heavy (non-hydrogen) atoms. The van der Waals surface area contributed by atoms with Gasteiger partial charge in [-0.25, -0.2) is 4.79 Å². The SMILES string of the molecule is CCCC(Nc1ccccc1C(=O)O)c1ccc(Cl)cc1. The maximum Gasteiger partial charge on any atom is 0.337 e. The zero-order chi connectivity index (χ0) is 15.2. The Kier molecular flexibility index (Phi) is 5.23. The molecule has 0 aromatic heterocycles. The fraction of sp³-hybridized carbons (Fsp3) is 0.235. The number of anilines is 1. The van der Waals surface area contributed by atoms with Crippen molar-refractivity contribution >= 4 is 23.3 Å². The van der Waals surface area contributed by atoms with Gasteiger partial charge >= 0.3 is 5.97 Å². The van der Waals surface area contributed by atoms with Crippen molar-refractivity contribution in [2.75, 3.05) is 5.32 Å². The third-order valence-electron chi connectivity index (χ3n) is 3.34. The van der Waals surface area contributed by atoms with E-state index in [-0.39, 0.29) is 11.6 Å². The molecular weight excluding hydrogens is 286 g/mol. The minimum Gasteiger partial charge on any atom is -0.478 e. The van der Waals surface area contributed by atoms with E-state index in [1.165, 1.54) is 0 Å². The molecule has 4 heteroatoms. The van der Waals surface area contributed by atoms with Crippen LogP contribution in [0.25, 0.3) is 0 Å². The number of para-hydroxylation sites is 1. The van der Waals surface area contributed by atoms with Gasteiger partial charge in [-0.15, -0.1) is 0 Å². The third-order valence-corrected chi connectivity index (χ3v) is 3.59. The maximum atomic E-state index is 11.3. The summed E-state index contributed by atoms with van der Waals surface area (Å²) in [5, 5.41) is 13.3. The molecule has 0 aliphatic heterocycles. The van der Waals surface area contributed by atoms with Crippen LogP contribution in [0.15, 0.2) is 48.5 Å². The summed E-state index contributed by atoms with van der Waals surface area (Å²) in [5.74, 6) is -0.926. The van der Waals surface area contributed by atoms with Gasteiger partial charge in [0.25, 0.3) is 0 Å². The molecule has 0 aliphatic rings. The summed E-state index contributed by atoms with van der Waals surface area (Å²) in [6.07, 6.45) is 1.91. The Morgan fingerprint density at radius 2 is 1.86 bits per heavy atom. The standard InChI is InChI=1S/C17H18ClNO2/c1-2-5-15(12-8-10-13(18)11-9-12)19-16-7-4-3-6-14(16)17(20)21/h3-4,6-11,15,19H,2,5H2,1H3,(H,20,21). The second-order valence-corrected chi connectivity index (χ2v) is 5.32. The van der Waals surface area contributed by atoms with Gasteiger partial charge in [-0.2, -0.15) is 0 Å². The van der Waals surface area contributed by atoms with Crippen molar-refractivity contribution in [3.8, 4) is 0 Å². The van der Waals surface area contributed by atoms with Crippen LogP contribution in [0.2, 0.25) is 5.02 Å². The molecule has 0 aliphatic carbocycles. The topological polar surface area (TPSA) is 49.3 Å². The molecule has 0 saturated carbocycles. The number of hydrogen-bond acceptors (Lipinski definition) is 2. The molecule has 1 atom stereocenters. The number of hydrogen-bond donors (Lipinski definition) is 2. The fourth-order valence-corrected chi connectivity index (χ4v) is 2.42. The first-order valence-electron chi connectivity index (χ1n) is 6.96. The molecule has 0 radical (unpaired) electrons. The predicted octanol–water partition coefficient (Wildman–Crippen LogP) is 4.99. The first-order valence-corrected chi connectivity index (χ1v) is 7.34. The largest absolute Gasteiger partial charge is 0.478 e. The van der Waals surface area contributed by atoms with Crippen molar-refractivity contribution in [2.24, 2.45) is 0 Å². The first-order chi connectivity index (χ1) is 10.1. The van der Waals surface area contributed by atoms with Crippen molar-refractivity contribution in [1.82, 2.24) is 0 Å². The van der Waals surface area contributed by atoms with E-state index in [1.807, 2.05) is 30.3 Å². The van der Waals surface area contributed by atoms with E-state index in [9.17, 15) is 9.90 Å². The van der Waals surface area contributed by atoms with Crippen molar-refractivity contribution in [3.05, 3.63) is 64.7 Å². The van der Waals surface area contributed by atoms with Crippen LogP contribution in [0.3, 0.4) is 0 Å². The van der Waals surface area contributed by atoms with Gasteiger partial charge in [0.15, 0.2) is 0 Å². The van der Waals surface area contributed by atoms with E-state index in [4.69, 9.17) is 11.6 Å². The number of carboxylic acids is 1. The molecular formula is C17H18ClNO2. The van der Waals surface area contributed by atoms with Gasteiger partial charge in [0.1, 0.15) is 0 Å². The summed E-state index contributed by atoms with van der Waals surface area (Å²) < 4.78 is 0. The smallest absolute Gasteiger partial charge is 0.337 e. The second-order valence-electron chi connectivity index (χ2n) is 4.89. The van der Waals surface area contributed by atoms with Crippen LogP contribution < -0.4 is 5.32 Å². The lowest BCUT2D eigenvalue weighted by molar-refractivity contribution is 0.0698. The number of benzene rings is 2. The third kappa shape index (κ3) is 3.99. The Balaban J connectivity index is 2.28. The maximum absolute atomic E-state index is 11.3. The molecule has 2 aromatic rings. The Morgan fingerprint density at radius 3 is 2.48 bits per heavy atom. The Hall–Kier alpha value is -2.00. The van der Waals surface area contributed by atoms with Crippen LogP contribution in [-0.4, -0.2) is 11.1 Å². The molecule has 2 rings (SSSR count). The van der Waals surface area contributed by atoms with Gasteiger partial charge in [0, 0.05) is 10.7 Å². The summed E-state index contributed by atoms with van der Waals surface area (Å²) >= 11 is 5.92. The first kappa shape index (κ1) is 15.4. The van der Waals surface area contributed by atoms with E-state index in [0.29, 0.717) is 10.7 Å². The zero-order valence-corrected chi connectivity index (χ0v) is 12.6. The van der Waals surface area contributed by atoms with Gasteiger partial charge in [-0.1, -0.05) is 49.2 Å². The molecule has 0 amide bonds. The fourth-order valence-electron chi connectivity index (χ4n) is 2.29. The van der Waals surface area contributed by atoms with E-state index in [0.717, 1.165) is 18.4 Å². The van der Waals surface area contributed by atoms with Crippen molar-refractivity contribution in [1.29, 1.82) is 0 Å². The molecule has 0 heterocycles. The summed E-state index contributed by atoms with van der Waals surface area (Å²) in [6, 6.07) is 14.7. The number of carboxylic acid groups (broad SMARTS) is 1. The number of aromatic carboxylic acids is 1. The second kappa shape index (κ2) is 7.14. The molecule has 2 N–H and O–H groups in total. The average Bonchev–Trinajstić information content (AvgIpc) is 2.48. The highest BCUT2D eigenvalue weighted by molar-refractivity contribution is 6.30. The summed E-state index contributed by atoms with van der Waals surface area (Å²) in [7, 11) is 0. The molecule has 110 valence electrons. The van der Waals surface area contributed by atoms with Crippen molar-refractivity contribution in [2.45, 2.75) is 25.8 Å². The molecule has 3 nitrogen and oxygen atoms in total. The molecule has 2 aromatic carbocycles. The van der Waals surface area contributed by atoms with E-state index in [1.54, 1.807) is 18.2 Å². The van der Waals surface area contributed by atoms with Gasteiger partial charge in [-0.05, 0) is 36.2 Å². The van der Waals surface area contributed by atoms with Crippen molar-refractivity contribution in [3.63, 3.8) is 0 Å². The monoisotopic (exact) mass is 303 g/mol. The van der Waals surface area contributed by atoms with E-state index < -0.39 is 5.97 Å². The number of nitrogens with one attached hydrogen (secondary N) is 1. The lowest BCUT2D eigenvalue weighted by Crippen LogP contribution is -2.13. The summed E-state index contributed by atoms with van der Waals surface area (Å²) in [5.41, 5.74) is 2.02. The van der Waals surface area contributed by atoms with Gasteiger partial charge in [0.2, 0.25) is 0 Å². The van der Waals surface area contributed by atoms with Crippen LogP contribution in [0, 0.1) is 0 Å². The lowest BCUT2D eigenvalue weighted by Gasteiger charge is -2.21. The van der Waals surface area contributed by atoms with Gasteiger partial charge in [0.05, 0.1) is 11.6 Å². The highest BCUT2D eigenvalue weighted by atomic mass is 35.5. The Bertz CT molecular complexity index is 610. The molecule has 1 unspecified atom stereocenters. The average molecular weight is 304 g/mol. The highest BCUT2D eigenvalue weighted by Gasteiger charge is 2.15. The molecule has 0 bridgehead atoms. The Morgan fingerprint density at radius 1 is 1.19 bits per heavy atom. The van der Waals surface area contributed by atoms with E-state index in [2.05, 4.69) is 12.2 Å². The van der Waals surface area contributed by atoms with Crippen molar-refractivity contribution < 1.29 is 9.90 Å². The zero-order valence-electron chi connectivity index (χ0n) is 11.8. The van der Waals surface area contributed by atoms with Gasteiger partial charge < -0.3 is 10.4 Å². The number of rotatable bonds is 6.